The number of aromatic carboxylic acids is 1. The average Bonchev–Trinajstić information content (AvgIpc) is 2.65. The highest BCUT2D eigenvalue weighted by molar-refractivity contribution is 5.87. The maximum absolute atomic E-state index is 12.2. The quantitative estimate of drug-likeness (QED) is 0.664. The van der Waals surface area contributed by atoms with Crippen molar-refractivity contribution in [3.8, 4) is 0 Å². The standard InChI is InChI=1S/C21H25NO4/c1-22(16-18-9-11-19(12-10-18)21(24)25)20(23)8-5-14-26-15-13-17-6-3-2-4-7-17/h2-4,6-7,9-12H,5,8,13-16H2,1H3,(H,24,25). The molecule has 2 rings (SSSR count). The molecule has 0 bridgehead atoms. The monoisotopic (exact) mass is 355 g/mol. The van der Waals surface area contributed by atoms with E-state index in [4.69, 9.17) is 9.84 Å². The Morgan fingerprint density at radius 1 is 0.962 bits per heavy atom. The average molecular weight is 355 g/mol. The highest BCUT2D eigenvalue weighted by atomic mass is 16.5. The van der Waals surface area contributed by atoms with Gasteiger partial charge in [-0.1, -0.05) is 42.5 Å². The summed E-state index contributed by atoms with van der Waals surface area (Å²) >= 11 is 0. The second kappa shape index (κ2) is 10.4. The van der Waals surface area contributed by atoms with Crippen LogP contribution in [0.15, 0.2) is 54.6 Å². The van der Waals surface area contributed by atoms with Crippen molar-refractivity contribution in [2.75, 3.05) is 20.3 Å². The number of nitrogens with zero attached hydrogens (tertiary/aromatic N) is 1. The van der Waals surface area contributed by atoms with E-state index in [0.29, 0.717) is 32.6 Å². The second-order valence-electron chi connectivity index (χ2n) is 6.20. The minimum absolute atomic E-state index is 0.0546. The molecule has 5 heteroatoms. The summed E-state index contributed by atoms with van der Waals surface area (Å²) in [6, 6.07) is 16.7. The summed E-state index contributed by atoms with van der Waals surface area (Å²) in [5.41, 5.74) is 2.40. The van der Waals surface area contributed by atoms with Gasteiger partial charge in [-0.2, -0.15) is 0 Å². The van der Waals surface area contributed by atoms with Crippen molar-refractivity contribution in [3.05, 3.63) is 71.3 Å². The number of carbonyl (C=O) groups is 2. The van der Waals surface area contributed by atoms with Crippen molar-refractivity contribution in [3.63, 3.8) is 0 Å². The van der Waals surface area contributed by atoms with Crippen molar-refractivity contribution in [1.82, 2.24) is 4.90 Å². The lowest BCUT2D eigenvalue weighted by Crippen LogP contribution is -2.26. The predicted octanol–water partition coefficient (Wildman–Crippen LogP) is 3.38. The molecule has 0 radical (unpaired) electrons. The van der Waals surface area contributed by atoms with Crippen LogP contribution in [-0.4, -0.2) is 42.1 Å². The molecule has 0 saturated carbocycles. The normalized spacial score (nSPS) is 10.5. The van der Waals surface area contributed by atoms with Gasteiger partial charge in [0, 0.05) is 26.6 Å². The molecule has 0 saturated heterocycles. The van der Waals surface area contributed by atoms with Crippen LogP contribution in [0.3, 0.4) is 0 Å². The van der Waals surface area contributed by atoms with Gasteiger partial charge in [0.2, 0.25) is 5.91 Å². The van der Waals surface area contributed by atoms with Crippen LogP contribution in [0.1, 0.15) is 34.3 Å². The molecule has 0 unspecified atom stereocenters. The van der Waals surface area contributed by atoms with Gasteiger partial charge >= 0.3 is 5.97 Å². The Bertz CT molecular complexity index is 698. The molecule has 138 valence electrons. The molecule has 2 aromatic rings. The lowest BCUT2D eigenvalue weighted by molar-refractivity contribution is -0.130. The van der Waals surface area contributed by atoms with Crippen molar-refractivity contribution in [1.29, 1.82) is 0 Å². The first kappa shape index (κ1) is 19.7. The number of rotatable bonds is 10. The predicted molar refractivity (Wildman–Crippen MR) is 100 cm³/mol. The fraction of sp³-hybridized carbons (Fsp3) is 0.333. The number of amides is 1. The molecule has 1 N–H and O–H groups in total. The fourth-order valence-electron chi connectivity index (χ4n) is 2.57. The molecule has 0 spiro atoms. The number of carboxylic acids is 1. The van der Waals surface area contributed by atoms with Gasteiger partial charge in [0.1, 0.15) is 0 Å². The van der Waals surface area contributed by atoms with Crippen molar-refractivity contribution >= 4 is 11.9 Å². The maximum Gasteiger partial charge on any atom is 0.335 e. The lowest BCUT2D eigenvalue weighted by Gasteiger charge is -2.17. The summed E-state index contributed by atoms with van der Waals surface area (Å²) < 4.78 is 5.60. The Hall–Kier alpha value is -2.66. The largest absolute Gasteiger partial charge is 0.478 e. The van der Waals surface area contributed by atoms with Crippen molar-refractivity contribution in [2.24, 2.45) is 0 Å². The third-order valence-electron chi connectivity index (χ3n) is 4.10. The Kier molecular flexibility index (Phi) is 7.83. The van der Waals surface area contributed by atoms with Crippen LogP contribution in [0.2, 0.25) is 0 Å². The summed E-state index contributed by atoms with van der Waals surface area (Å²) in [4.78, 5) is 24.6. The van der Waals surface area contributed by atoms with Gasteiger partial charge in [-0.15, -0.1) is 0 Å². The van der Waals surface area contributed by atoms with Crippen LogP contribution in [0.4, 0.5) is 0 Å². The van der Waals surface area contributed by atoms with Gasteiger partial charge in [0.25, 0.3) is 0 Å². The first-order valence-electron chi connectivity index (χ1n) is 8.74. The molecular formula is C21H25NO4. The van der Waals surface area contributed by atoms with Crippen LogP contribution < -0.4 is 0 Å². The number of hydrogen-bond donors (Lipinski definition) is 1. The lowest BCUT2D eigenvalue weighted by atomic mass is 10.1. The van der Waals surface area contributed by atoms with Crippen LogP contribution in [0.5, 0.6) is 0 Å². The van der Waals surface area contributed by atoms with E-state index in [1.165, 1.54) is 5.56 Å². The first-order valence-corrected chi connectivity index (χ1v) is 8.74. The number of benzene rings is 2. The van der Waals surface area contributed by atoms with Gasteiger partial charge in [-0.3, -0.25) is 4.79 Å². The van der Waals surface area contributed by atoms with E-state index < -0.39 is 5.97 Å². The summed E-state index contributed by atoms with van der Waals surface area (Å²) in [6.07, 6.45) is 2.01. The van der Waals surface area contributed by atoms with Crippen LogP contribution >= 0.6 is 0 Å². The molecule has 2 aromatic carbocycles. The van der Waals surface area contributed by atoms with Crippen LogP contribution in [-0.2, 0) is 22.5 Å². The molecule has 0 aromatic heterocycles. The minimum Gasteiger partial charge on any atom is -0.478 e. The van der Waals surface area contributed by atoms with Gasteiger partial charge < -0.3 is 14.7 Å². The highest BCUT2D eigenvalue weighted by Crippen LogP contribution is 2.08. The minimum atomic E-state index is -0.951. The summed E-state index contributed by atoms with van der Waals surface area (Å²) in [6.45, 7) is 1.69. The molecule has 0 aliphatic rings. The molecule has 0 heterocycles. The van der Waals surface area contributed by atoms with Crippen molar-refractivity contribution in [2.45, 2.75) is 25.8 Å². The number of hydrogen-bond acceptors (Lipinski definition) is 3. The maximum atomic E-state index is 12.2. The summed E-state index contributed by atoms with van der Waals surface area (Å²) in [7, 11) is 1.75. The molecular weight excluding hydrogens is 330 g/mol. The highest BCUT2D eigenvalue weighted by Gasteiger charge is 2.10. The molecule has 26 heavy (non-hydrogen) atoms. The summed E-state index contributed by atoms with van der Waals surface area (Å²) in [5, 5.41) is 8.89. The van der Waals surface area contributed by atoms with E-state index in [0.717, 1.165) is 12.0 Å². The molecule has 1 amide bonds. The molecule has 5 nitrogen and oxygen atoms in total. The van der Waals surface area contributed by atoms with E-state index >= 15 is 0 Å². The Labute approximate surface area is 154 Å². The van der Waals surface area contributed by atoms with Crippen molar-refractivity contribution < 1.29 is 19.4 Å². The molecule has 0 atom stereocenters. The second-order valence-corrected chi connectivity index (χ2v) is 6.20. The van der Waals surface area contributed by atoms with Gasteiger partial charge in [0.05, 0.1) is 12.2 Å². The SMILES string of the molecule is CN(Cc1ccc(C(=O)O)cc1)C(=O)CCCOCCc1ccccc1. The zero-order valence-corrected chi connectivity index (χ0v) is 15.1. The molecule has 0 fully saturated rings. The Morgan fingerprint density at radius 3 is 2.31 bits per heavy atom. The third-order valence-corrected chi connectivity index (χ3v) is 4.10. The van der Waals surface area contributed by atoms with Crippen LogP contribution in [0, 0.1) is 0 Å². The van der Waals surface area contributed by atoms with E-state index in [1.54, 1.807) is 36.2 Å². The first-order chi connectivity index (χ1) is 12.6. The number of ether oxygens (including phenoxy) is 1. The van der Waals surface area contributed by atoms with E-state index in [1.807, 2.05) is 18.2 Å². The fourth-order valence-corrected chi connectivity index (χ4v) is 2.57. The molecule has 0 aliphatic carbocycles. The molecule has 0 aliphatic heterocycles. The van der Waals surface area contributed by atoms with Gasteiger partial charge in [-0.05, 0) is 36.1 Å². The van der Waals surface area contributed by atoms with Gasteiger partial charge in [-0.25, -0.2) is 4.79 Å². The zero-order chi connectivity index (χ0) is 18.8. The van der Waals surface area contributed by atoms with E-state index in [2.05, 4.69) is 12.1 Å². The van der Waals surface area contributed by atoms with E-state index in [9.17, 15) is 9.59 Å². The zero-order valence-electron chi connectivity index (χ0n) is 15.1. The number of carboxylic acid groups (broad SMARTS) is 1. The summed E-state index contributed by atoms with van der Waals surface area (Å²) in [5.74, 6) is -0.896. The third kappa shape index (κ3) is 6.69. The topological polar surface area (TPSA) is 66.8 Å². The Balaban J connectivity index is 1.61. The number of carbonyl (C=O) groups excluding carboxylic acids is 1. The smallest absolute Gasteiger partial charge is 0.335 e. The Morgan fingerprint density at radius 2 is 1.65 bits per heavy atom. The van der Waals surface area contributed by atoms with Crippen LogP contribution in [0.25, 0.3) is 0 Å². The van der Waals surface area contributed by atoms with E-state index in [-0.39, 0.29) is 11.5 Å². The van der Waals surface area contributed by atoms with Gasteiger partial charge in [0.15, 0.2) is 0 Å².